The zero-order chi connectivity index (χ0) is 12.4. The average Bonchev–Trinajstić information content (AvgIpc) is 2.31. The van der Waals surface area contributed by atoms with Crippen LogP contribution in [0.3, 0.4) is 0 Å². The Morgan fingerprint density at radius 3 is 2.47 bits per heavy atom. The van der Waals surface area contributed by atoms with E-state index in [0.29, 0.717) is 11.3 Å². The van der Waals surface area contributed by atoms with Crippen LogP contribution < -0.4 is 5.56 Å². The predicted octanol–water partition coefficient (Wildman–Crippen LogP) is 2.16. The first-order valence-electron chi connectivity index (χ1n) is 5.02. The third kappa shape index (κ3) is 1.95. The van der Waals surface area contributed by atoms with Gasteiger partial charge in [-0.2, -0.15) is 5.26 Å². The Morgan fingerprint density at radius 2 is 1.88 bits per heavy atom. The van der Waals surface area contributed by atoms with Gasteiger partial charge in [-0.15, -0.1) is 0 Å². The molecule has 0 bridgehead atoms. The van der Waals surface area contributed by atoms with Crippen molar-refractivity contribution in [2.75, 3.05) is 0 Å². The molecule has 1 aromatic heterocycles. The molecule has 1 heterocycles. The molecule has 0 saturated heterocycles. The molecular weight excluding hydrogens is 219 g/mol. The number of nitrogens with zero attached hydrogens (tertiary/aromatic N) is 2. The maximum atomic E-state index is 12.8. The molecule has 0 aliphatic carbocycles. The molecule has 2 aromatic rings. The van der Waals surface area contributed by atoms with E-state index in [1.807, 2.05) is 6.07 Å². The van der Waals surface area contributed by atoms with Gasteiger partial charge in [-0.25, -0.2) is 4.39 Å². The van der Waals surface area contributed by atoms with Crippen LogP contribution in [-0.4, -0.2) is 4.57 Å². The van der Waals surface area contributed by atoms with Crippen LogP contribution in [0.1, 0.15) is 11.1 Å². The molecule has 1 aromatic carbocycles. The van der Waals surface area contributed by atoms with Gasteiger partial charge < -0.3 is 0 Å². The average molecular weight is 228 g/mol. The van der Waals surface area contributed by atoms with Gasteiger partial charge in [-0.1, -0.05) is 0 Å². The summed E-state index contributed by atoms with van der Waals surface area (Å²) in [4.78, 5) is 12.0. The van der Waals surface area contributed by atoms with Crippen molar-refractivity contribution in [3.63, 3.8) is 0 Å². The minimum atomic E-state index is -0.390. The molecule has 0 spiro atoms. The SMILES string of the molecule is Cc1ccn(-c2ccc(F)cc2)c(=O)c1C#N. The summed E-state index contributed by atoms with van der Waals surface area (Å²) in [5, 5.41) is 8.89. The third-order valence-electron chi connectivity index (χ3n) is 2.52. The van der Waals surface area contributed by atoms with Gasteiger partial charge in [0.2, 0.25) is 0 Å². The van der Waals surface area contributed by atoms with Crippen molar-refractivity contribution in [1.82, 2.24) is 4.57 Å². The highest BCUT2D eigenvalue weighted by atomic mass is 19.1. The largest absolute Gasteiger partial charge is 0.283 e. The Bertz CT molecular complexity index is 651. The predicted molar refractivity (Wildman–Crippen MR) is 61.4 cm³/mol. The molecule has 17 heavy (non-hydrogen) atoms. The van der Waals surface area contributed by atoms with Crippen LogP contribution in [0, 0.1) is 24.1 Å². The highest BCUT2D eigenvalue weighted by Crippen LogP contribution is 2.08. The Labute approximate surface area is 97.4 Å². The van der Waals surface area contributed by atoms with Gasteiger partial charge in [0.1, 0.15) is 17.4 Å². The van der Waals surface area contributed by atoms with Gasteiger partial charge in [-0.3, -0.25) is 9.36 Å². The summed E-state index contributed by atoms with van der Waals surface area (Å²) in [6.07, 6.45) is 1.58. The number of aromatic nitrogens is 1. The van der Waals surface area contributed by atoms with Crippen LogP contribution in [-0.2, 0) is 0 Å². The van der Waals surface area contributed by atoms with Crippen LogP contribution in [0.15, 0.2) is 41.3 Å². The van der Waals surface area contributed by atoms with Crippen LogP contribution >= 0.6 is 0 Å². The second-order valence-corrected chi connectivity index (χ2v) is 3.64. The van der Waals surface area contributed by atoms with Crippen LogP contribution in [0.25, 0.3) is 5.69 Å². The van der Waals surface area contributed by atoms with Gasteiger partial charge >= 0.3 is 0 Å². The lowest BCUT2D eigenvalue weighted by molar-refractivity contribution is 0.627. The normalized spacial score (nSPS) is 9.94. The van der Waals surface area contributed by atoms with Crippen LogP contribution in [0.2, 0.25) is 0 Å². The maximum absolute atomic E-state index is 12.8. The minimum absolute atomic E-state index is 0.108. The van der Waals surface area contributed by atoms with E-state index in [-0.39, 0.29) is 16.9 Å². The number of hydrogen-bond donors (Lipinski definition) is 0. The Morgan fingerprint density at radius 1 is 1.24 bits per heavy atom. The summed E-state index contributed by atoms with van der Waals surface area (Å²) in [5.41, 5.74) is 0.889. The number of aryl methyl sites for hydroxylation is 1. The highest BCUT2D eigenvalue weighted by molar-refractivity contribution is 5.39. The fourth-order valence-electron chi connectivity index (χ4n) is 1.57. The van der Waals surface area contributed by atoms with Gasteiger partial charge in [0.15, 0.2) is 0 Å². The molecule has 0 N–H and O–H groups in total. The lowest BCUT2D eigenvalue weighted by atomic mass is 10.1. The summed E-state index contributed by atoms with van der Waals surface area (Å²) in [6, 6.07) is 9.09. The summed E-state index contributed by atoms with van der Waals surface area (Å²) < 4.78 is 14.1. The van der Waals surface area contributed by atoms with Crippen molar-refractivity contribution >= 4 is 0 Å². The third-order valence-corrected chi connectivity index (χ3v) is 2.52. The van der Waals surface area contributed by atoms with Crippen LogP contribution in [0.5, 0.6) is 0 Å². The van der Waals surface area contributed by atoms with Crippen molar-refractivity contribution in [2.24, 2.45) is 0 Å². The quantitative estimate of drug-likeness (QED) is 0.750. The molecule has 0 fully saturated rings. The van der Waals surface area contributed by atoms with E-state index in [9.17, 15) is 9.18 Å². The Hall–Kier alpha value is -2.41. The van der Waals surface area contributed by atoms with Gasteiger partial charge in [0, 0.05) is 11.9 Å². The fraction of sp³-hybridized carbons (Fsp3) is 0.0769. The Kier molecular flexibility index (Phi) is 2.75. The zero-order valence-electron chi connectivity index (χ0n) is 9.14. The number of hydrogen-bond acceptors (Lipinski definition) is 2. The van der Waals surface area contributed by atoms with E-state index in [4.69, 9.17) is 5.26 Å². The van der Waals surface area contributed by atoms with Crippen molar-refractivity contribution in [3.8, 4) is 11.8 Å². The molecule has 84 valence electrons. The van der Waals surface area contributed by atoms with E-state index >= 15 is 0 Å². The molecule has 0 radical (unpaired) electrons. The van der Waals surface area contributed by atoms with Crippen molar-refractivity contribution < 1.29 is 4.39 Å². The van der Waals surface area contributed by atoms with E-state index in [1.54, 1.807) is 19.2 Å². The lowest BCUT2D eigenvalue weighted by Gasteiger charge is -2.06. The highest BCUT2D eigenvalue weighted by Gasteiger charge is 2.07. The number of nitriles is 1. The number of halogens is 1. The summed E-state index contributed by atoms with van der Waals surface area (Å²) in [7, 11) is 0. The van der Waals surface area contributed by atoms with Crippen molar-refractivity contribution in [2.45, 2.75) is 6.92 Å². The van der Waals surface area contributed by atoms with Crippen molar-refractivity contribution in [3.05, 3.63) is 63.8 Å². The first-order chi connectivity index (χ1) is 8.13. The number of benzene rings is 1. The molecule has 4 heteroatoms. The molecule has 0 amide bonds. The van der Waals surface area contributed by atoms with Gasteiger partial charge in [0.05, 0.1) is 0 Å². The molecule has 0 unspecified atom stereocenters. The van der Waals surface area contributed by atoms with Gasteiger partial charge in [0.25, 0.3) is 5.56 Å². The Balaban J connectivity index is 2.66. The summed E-state index contributed by atoms with van der Waals surface area (Å²) in [6.45, 7) is 1.70. The van der Waals surface area contributed by atoms with Crippen molar-refractivity contribution in [1.29, 1.82) is 5.26 Å². The molecule has 0 aliphatic heterocycles. The summed E-state index contributed by atoms with van der Waals surface area (Å²) >= 11 is 0. The molecule has 0 aliphatic rings. The maximum Gasteiger partial charge on any atom is 0.273 e. The monoisotopic (exact) mass is 228 g/mol. The van der Waals surface area contributed by atoms with E-state index in [1.165, 1.54) is 28.8 Å². The van der Waals surface area contributed by atoms with E-state index in [0.717, 1.165) is 0 Å². The minimum Gasteiger partial charge on any atom is -0.283 e. The molecule has 0 atom stereocenters. The first kappa shape index (κ1) is 11.1. The second kappa shape index (κ2) is 4.22. The molecule has 2 rings (SSSR count). The second-order valence-electron chi connectivity index (χ2n) is 3.64. The van der Waals surface area contributed by atoms with E-state index in [2.05, 4.69) is 0 Å². The number of rotatable bonds is 1. The first-order valence-corrected chi connectivity index (χ1v) is 5.02. The van der Waals surface area contributed by atoms with Gasteiger partial charge in [-0.05, 0) is 42.8 Å². The van der Waals surface area contributed by atoms with Crippen LogP contribution in [0.4, 0.5) is 4.39 Å². The topological polar surface area (TPSA) is 45.8 Å². The number of pyridine rings is 1. The molecular formula is C13H9FN2O. The smallest absolute Gasteiger partial charge is 0.273 e. The standard InChI is InChI=1S/C13H9FN2O/c1-9-6-7-16(13(17)12(9)8-15)11-4-2-10(14)3-5-11/h2-7H,1H3. The summed E-state index contributed by atoms with van der Waals surface area (Å²) in [5.74, 6) is -0.366. The lowest BCUT2D eigenvalue weighted by Crippen LogP contribution is -2.21. The fourth-order valence-corrected chi connectivity index (χ4v) is 1.57. The van der Waals surface area contributed by atoms with E-state index < -0.39 is 0 Å². The zero-order valence-corrected chi connectivity index (χ0v) is 9.14. The molecule has 0 saturated carbocycles. The molecule has 3 nitrogen and oxygen atoms in total.